The van der Waals surface area contributed by atoms with Crippen LogP contribution in [-0.2, 0) is 4.74 Å². The maximum absolute atomic E-state index is 12.6. The van der Waals surface area contributed by atoms with Gasteiger partial charge in [-0.05, 0) is 35.6 Å². The molecular formula is C10H7F2IN2O2. The molecule has 0 fully saturated rings. The third-order valence-corrected chi connectivity index (χ3v) is 2.66. The molecule has 0 bridgehead atoms. The van der Waals surface area contributed by atoms with Crippen LogP contribution in [-0.4, -0.2) is 17.6 Å². The highest BCUT2D eigenvalue weighted by Gasteiger charge is 2.21. The van der Waals surface area contributed by atoms with Gasteiger partial charge in [-0.3, -0.25) is 0 Å². The molecule has 0 unspecified atom stereocenters. The van der Waals surface area contributed by atoms with Crippen LogP contribution in [0, 0.1) is 15.0 Å². The number of nitriles is 1. The molecule has 1 aromatic rings. The van der Waals surface area contributed by atoms with Gasteiger partial charge in [-0.25, -0.2) is 18.6 Å². The van der Waals surface area contributed by atoms with Crippen LogP contribution in [0.15, 0.2) is 6.07 Å². The Labute approximate surface area is 110 Å². The van der Waals surface area contributed by atoms with E-state index in [-0.39, 0.29) is 21.6 Å². The summed E-state index contributed by atoms with van der Waals surface area (Å²) in [7, 11) is 0. The summed E-state index contributed by atoms with van der Waals surface area (Å²) in [5.74, 6) is -0.726. The van der Waals surface area contributed by atoms with E-state index in [1.54, 1.807) is 35.6 Å². The number of esters is 1. The van der Waals surface area contributed by atoms with Crippen LogP contribution in [0.2, 0.25) is 0 Å². The number of halogens is 3. The normalized spacial score (nSPS) is 10.1. The smallest absolute Gasteiger partial charge is 0.340 e. The Bertz CT molecular complexity index is 486. The van der Waals surface area contributed by atoms with Gasteiger partial charge in [0.15, 0.2) is 5.69 Å². The molecule has 0 aromatic carbocycles. The number of pyridine rings is 1. The second-order valence-corrected chi connectivity index (χ2v) is 3.92. The van der Waals surface area contributed by atoms with Gasteiger partial charge >= 0.3 is 5.97 Å². The van der Waals surface area contributed by atoms with Crippen molar-refractivity contribution in [2.24, 2.45) is 0 Å². The molecule has 4 nitrogen and oxygen atoms in total. The Morgan fingerprint density at radius 1 is 1.71 bits per heavy atom. The minimum absolute atomic E-state index is 0.0539. The molecule has 0 aliphatic heterocycles. The van der Waals surface area contributed by atoms with Gasteiger partial charge in [0.1, 0.15) is 9.77 Å². The first-order valence-electron chi connectivity index (χ1n) is 4.57. The molecule has 1 aromatic heterocycles. The minimum atomic E-state index is -2.86. The summed E-state index contributed by atoms with van der Waals surface area (Å²) in [6, 6.07) is 2.52. The minimum Gasteiger partial charge on any atom is -0.462 e. The standard InChI is InChI=1S/C10H7F2IN2O2/c1-2-17-10(16)6-3-5(8(11)12)7(4-14)15-9(6)13/h3,8H,2H2,1H3. The number of carbonyl (C=O) groups is 1. The molecule has 0 spiro atoms. The van der Waals surface area contributed by atoms with Crippen molar-refractivity contribution in [2.75, 3.05) is 6.61 Å². The van der Waals surface area contributed by atoms with Crippen molar-refractivity contribution < 1.29 is 18.3 Å². The highest BCUT2D eigenvalue weighted by molar-refractivity contribution is 14.1. The fraction of sp³-hybridized carbons (Fsp3) is 0.300. The van der Waals surface area contributed by atoms with Crippen LogP contribution in [0.25, 0.3) is 0 Å². The lowest BCUT2D eigenvalue weighted by Crippen LogP contribution is -2.10. The zero-order valence-corrected chi connectivity index (χ0v) is 10.9. The number of carbonyl (C=O) groups excluding carboxylic acids is 1. The Balaban J connectivity index is 3.30. The number of nitrogens with zero attached hydrogens (tertiary/aromatic N) is 2. The first-order chi connectivity index (χ1) is 8.01. The third-order valence-electron chi connectivity index (χ3n) is 1.84. The van der Waals surface area contributed by atoms with Gasteiger partial charge in [0.25, 0.3) is 6.43 Å². The number of ether oxygens (including phenoxy) is 1. The van der Waals surface area contributed by atoms with E-state index in [4.69, 9.17) is 10.00 Å². The number of alkyl halides is 2. The van der Waals surface area contributed by atoms with Crippen molar-refractivity contribution in [3.05, 3.63) is 26.6 Å². The van der Waals surface area contributed by atoms with Crippen LogP contribution < -0.4 is 0 Å². The zero-order valence-electron chi connectivity index (χ0n) is 8.71. The van der Waals surface area contributed by atoms with E-state index in [9.17, 15) is 13.6 Å². The summed E-state index contributed by atoms with van der Waals surface area (Å²) in [6.07, 6.45) is -2.86. The van der Waals surface area contributed by atoms with Gasteiger partial charge in [0.05, 0.1) is 17.7 Å². The van der Waals surface area contributed by atoms with Crippen LogP contribution >= 0.6 is 22.6 Å². The second-order valence-electron chi connectivity index (χ2n) is 2.90. The highest BCUT2D eigenvalue weighted by Crippen LogP contribution is 2.25. The Hall–Kier alpha value is -1.30. The molecule has 90 valence electrons. The molecule has 0 atom stereocenters. The average Bonchev–Trinajstić information content (AvgIpc) is 2.28. The molecule has 0 saturated carbocycles. The van der Waals surface area contributed by atoms with Crippen LogP contribution in [0.3, 0.4) is 0 Å². The van der Waals surface area contributed by atoms with E-state index in [1.807, 2.05) is 0 Å². The Morgan fingerprint density at radius 2 is 2.35 bits per heavy atom. The fourth-order valence-corrected chi connectivity index (χ4v) is 1.73. The van der Waals surface area contributed by atoms with Crippen LogP contribution in [0.1, 0.15) is 35.0 Å². The molecule has 0 radical (unpaired) electrons. The summed E-state index contributed by atoms with van der Waals surface area (Å²) < 4.78 is 30.1. The largest absolute Gasteiger partial charge is 0.462 e. The van der Waals surface area contributed by atoms with Gasteiger partial charge < -0.3 is 4.74 Å². The Morgan fingerprint density at radius 3 is 2.82 bits per heavy atom. The van der Waals surface area contributed by atoms with E-state index in [0.717, 1.165) is 6.07 Å². The lowest BCUT2D eigenvalue weighted by Gasteiger charge is -2.07. The van der Waals surface area contributed by atoms with Gasteiger partial charge in [-0.2, -0.15) is 5.26 Å². The summed E-state index contributed by atoms with van der Waals surface area (Å²) >= 11 is 1.70. The highest BCUT2D eigenvalue weighted by atomic mass is 127. The molecule has 0 aliphatic rings. The SMILES string of the molecule is CCOC(=O)c1cc(C(F)F)c(C#N)nc1I. The number of rotatable bonds is 3. The summed E-state index contributed by atoms with van der Waals surface area (Å²) in [4.78, 5) is 15.1. The maximum Gasteiger partial charge on any atom is 0.340 e. The molecule has 0 aliphatic carbocycles. The van der Waals surface area contributed by atoms with E-state index in [1.165, 1.54) is 0 Å². The van der Waals surface area contributed by atoms with Crippen molar-refractivity contribution in [3.8, 4) is 6.07 Å². The van der Waals surface area contributed by atoms with Gasteiger partial charge in [-0.15, -0.1) is 0 Å². The predicted octanol–water partition coefficient (Wildman–Crippen LogP) is 2.67. The Kier molecular flexibility index (Phi) is 4.74. The number of aromatic nitrogens is 1. The molecule has 0 amide bonds. The molecule has 1 heterocycles. The molecule has 0 saturated heterocycles. The van der Waals surface area contributed by atoms with Gasteiger partial charge in [0, 0.05) is 0 Å². The summed E-state index contributed by atoms with van der Waals surface area (Å²) in [6.45, 7) is 1.74. The number of hydrogen-bond donors (Lipinski definition) is 0. The molecular weight excluding hydrogens is 345 g/mol. The van der Waals surface area contributed by atoms with Gasteiger partial charge in [0.2, 0.25) is 0 Å². The van der Waals surface area contributed by atoms with E-state index in [0.29, 0.717) is 0 Å². The van der Waals surface area contributed by atoms with Crippen molar-refractivity contribution in [2.45, 2.75) is 13.3 Å². The second kappa shape index (κ2) is 5.86. The lowest BCUT2D eigenvalue weighted by atomic mass is 10.1. The topological polar surface area (TPSA) is 63.0 Å². The lowest BCUT2D eigenvalue weighted by molar-refractivity contribution is 0.0524. The predicted molar refractivity (Wildman–Crippen MR) is 62.6 cm³/mol. The first-order valence-corrected chi connectivity index (χ1v) is 5.65. The molecule has 0 N–H and O–H groups in total. The molecule has 17 heavy (non-hydrogen) atoms. The van der Waals surface area contributed by atoms with Crippen molar-refractivity contribution in [3.63, 3.8) is 0 Å². The van der Waals surface area contributed by atoms with Crippen molar-refractivity contribution >= 4 is 28.6 Å². The quantitative estimate of drug-likeness (QED) is 0.477. The fourth-order valence-electron chi connectivity index (χ4n) is 1.11. The molecule has 1 rings (SSSR count). The maximum atomic E-state index is 12.6. The van der Waals surface area contributed by atoms with Crippen LogP contribution in [0.4, 0.5) is 8.78 Å². The van der Waals surface area contributed by atoms with Crippen molar-refractivity contribution in [1.29, 1.82) is 5.26 Å². The van der Waals surface area contributed by atoms with E-state index >= 15 is 0 Å². The summed E-state index contributed by atoms with van der Waals surface area (Å²) in [5, 5.41) is 8.66. The van der Waals surface area contributed by atoms with Gasteiger partial charge in [-0.1, -0.05) is 0 Å². The van der Waals surface area contributed by atoms with Crippen molar-refractivity contribution in [1.82, 2.24) is 4.98 Å². The van der Waals surface area contributed by atoms with Crippen LogP contribution in [0.5, 0.6) is 0 Å². The van der Waals surface area contributed by atoms with E-state index < -0.39 is 18.0 Å². The number of hydrogen-bond acceptors (Lipinski definition) is 4. The third kappa shape index (κ3) is 3.09. The first kappa shape index (κ1) is 13.8. The monoisotopic (exact) mass is 352 g/mol. The average molecular weight is 352 g/mol. The zero-order chi connectivity index (χ0) is 13.0. The molecule has 7 heteroatoms. The van der Waals surface area contributed by atoms with E-state index in [2.05, 4.69) is 4.98 Å². The summed E-state index contributed by atoms with van der Waals surface area (Å²) in [5.41, 5.74) is -0.991.